The lowest BCUT2D eigenvalue weighted by molar-refractivity contribution is 0.0770. The molecule has 0 unspecified atom stereocenters. The minimum atomic E-state index is -0.150. The zero-order valence-corrected chi connectivity index (χ0v) is 12.9. The maximum atomic E-state index is 12.5. The van der Waals surface area contributed by atoms with Crippen LogP contribution < -0.4 is 0 Å². The highest BCUT2D eigenvalue weighted by atomic mass is 32.1. The lowest BCUT2D eigenvalue weighted by Gasteiger charge is -2.26. The minimum Gasteiger partial charge on any atom is -0.384 e. The predicted octanol–water partition coefficient (Wildman–Crippen LogP) is 2.74. The standard InChI is InChI=1S/C16H21NO2S/c1-3-16(4-2)7-8-17(12-16)15(19)13-10-14(20-11-13)6-5-9-18/h10-11,18H,3-4,7-9,12H2,1-2H3. The summed E-state index contributed by atoms with van der Waals surface area (Å²) in [6, 6.07) is 1.83. The summed E-state index contributed by atoms with van der Waals surface area (Å²) in [7, 11) is 0. The van der Waals surface area contributed by atoms with E-state index in [0.29, 0.717) is 5.41 Å². The summed E-state index contributed by atoms with van der Waals surface area (Å²) in [4.78, 5) is 15.3. The summed E-state index contributed by atoms with van der Waals surface area (Å²) in [6.07, 6.45) is 3.36. The van der Waals surface area contributed by atoms with Crippen molar-refractivity contribution in [2.45, 2.75) is 33.1 Å². The van der Waals surface area contributed by atoms with Crippen molar-refractivity contribution in [3.8, 4) is 11.8 Å². The number of rotatable bonds is 3. The van der Waals surface area contributed by atoms with Crippen LogP contribution >= 0.6 is 11.3 Å². The summed E-state index contributed by atoms with van der Waals surface area (Å²) in [6.45, 7) is 6.00. The fourth-order valence-electron chi connectivity index (χ4n) is 2.76. The van der Waals surface area contributed by atoms with Gasteiger partial charge in [0.25, 0.3) is 5.91 Å². The Morgan fingerprint density at radius 3 is 2.85 bits per heavy atom. The van der Waals surface area contributed by atoms with Gasteiger partial charge in [-0.05, 0) is 30.7 Å². The lowest BCUT2D eigenvalue weighted by atomic mass is 9.82. The number of nitrogens with zero attached hydrogens (tertiary/aromatic N) is 1. The van der Waals surface area contributed by atoms with Crippen LogP contribution in [0.15, 0.2) is 11.4 Å². The van der Waals surface area contributed by atoms with Gasteiger partial charge in [-0.3, -0.25) is 4.79 Å². The van der Waals surface area contributed by atoms with Gasteiger partial charge in [0.15, 0.2) is 0 Å². The molecule has 1 N–H and O–H groups in total. The van der Waals surface area contributed by atoms with Gasteiger partial charge < -0.3 is 10.0 Å². The van der Waals surface area contributed by atoms with Crippen molar-refractivity contribution < 1.29 is 9.90 Å². The molecular formula is C16H21NO2S. The Morgan fingerprint density at radius 2 is 2.25 bits per heavy atom. The van der Waals surface area contributed by atoms with Crippen LogP contribution in [0, 0.1) is 17.3 Å². The Hall–Kier alpha value is -1.31. The molecule has 1 aromatic heterocycles. The third kappa shape index (κ3) is 3.05. The van der Waals surface area contributed by atoms with E-state index in [1.165, 1.54) is 11.3 Å². The summed E-state index contributed by atoms with van der Waals surface area (Å²) in [5.41, 5.74) is 1.03. The van der Waals surface area contributed by atoms with Gasteiger partial charge in [0, 0.05) is 18.5 Å². The van der Waals surface area contributed by atoms with Crippen molar-refractivity contribution in [3.05, 3.63) is 21.9 Å². The lowest BCUT2D eigenvalue weighted by Crippen LogP contribution is -2.31. The molecule has 1 aromatic rings. The van der Waals surface area contributed by atoms with Gasteiger partial charge in [0.1, 0.15) is 6.61 Å². The summed E-state index contributed by atoms with van der Waals surface area (Å²) < 4.78 is 0. The molecule has 108 valence electrons. The molecule has 2 rings (SSSR count). The number of aliphatic hydroxyl groups excluding tert-OH is 1. The molecule has 1 aliphatic heterocycles. The van der Waals surface area contributed by atoms with Crippen molar-refractivity contribution in [1.29, 1.82) is 0 Å². The van der Waals surface area contributed by atoms with Crippen LogP contribution in [0.2, 0.25) is 0 Å². The van der Waals surface area contributed by atoms with E-state index in [1.807, 2.05) is 16.3 Å². The molecule has 3 nitrogen and oxygen atoms in total. The van der Waals surface area contributed by atoms with Crippen LogP contribution in [-0.2, 0) is 0 Å². The Morgan fingerprint density at radius 1 is 1.50 bits per heavy atom. The van der Waals surface area contributed by atoms with Gasteiger partial charge in [-0.25, -0.2) is 0 Å². The van der Waals surface area contributed by atoms with Crippen LogP contribution in [0.4, 0.5) is 0 Å². The van der Waals surface area contributed by atoms with Gasteiger partial charge in [-0.1, -0.05) is 25.7 Å². The molecular weight excluding hydrogens is 270 g/mol. The number of amides is 1. The fraction of sp³-hybridized carbons (Fsp3) is 0.562. The van der Waals surface area contributed by atoms with Gasteiger partial charge >= 0.3 is 0 Å². The van der Waals surface area contributed by atoms with Crippen LogP contribution in [-0.4, -0.2) is 35.6 Å². The van der Waals surface area contributed by atoms with E-state index in [0.717, 1.165) is 42.8 Å². The van der Waals surface area contributed by atoms with Crippen molar-refractivity contribution in [1.82, 2.24) is 4.90 Å². The minimum absolute atomic E-state index is 0.113. The van der Waals surface area contributed by atoms with E-state index in [1.54, 1.807) is 0 Å². The summed E-state index contributed by atoms with van der Waals surface area (Å²) in [5, 5.41) is 10.5. The molecule has 0 bridgehead atoms. The maximum absolute atomic E-state index is 12.5. The number of aliphatic hydroxyl groups is 1. The zero-order chi connectivity index (χ0) is 14.6. The second kappa shape index (κ2) is 6.43. The van der Waals surface area contributed by atoms with E-state index in [4.69, 9.17) is 5.11 Å². The second-order valence-electron chi connectivity index (χ2n) is 5.34. The predicted molar refractivity (Wildman–Crippen MR) is 81.8 cm³/mol. The molecule has 4 heteroatoms. The SMILES string of the molecule is CCC1(CC)CCN(C(=O)c2csc(C#CCO)c2)C1. The summed E-state index contributed by atoms with van der Waals surface area (Å²) >= 11 is 1.46. The molecule has 0 aliphatic carbocycles. The largest absolute Gasteiger partial charge is 0.384 e. The van der Waals surface area contributed by atoms with Crippen molar-refractivity contribution in [2.75, 3.05) is 19.7 Å². The molecule has 0 aromatic carbocycles. The highest BCUT2D eigenvalue weighted by molar-refractivity contribution is 7.10. The quantitative estimate of drug-likeness (QED) is 0.870. The monoisotopic (exact) mass is 291 g/mol. The third-order valence-corrected chi connectivity index (χ3v) is 5.21. The molecule has 0 spiro atoms. The van der Waals surface area contributed by atoms with Crippen molar-refractivity contribution in [3.63, 3.8) is 0 Å². The third-order valence-electron chi connectivity index (χ3n) is 4.36. The Kier molecular flexibility index (Phi) is 4.85. The molecule has 0 radical (unpaired) electrons. The van der Waals surface area contributed by atoms with E-state index < -0.39 is 0 Å². The highest BCUT2D eigenvalue weighted by Gasteiger charge is 2.37. The van der Waals surface area contributed by atoms with Crippen LogP contribution in [0.5, 0.6) is 0 Å². The smallest absolute Gasteiger partial charge is 0.254 e. The van der Waals surface area contributed by atoms with Gasteiger partial charge in [0.2, 0.25) is 0 Å². The molecule has 0 atom stereocenters. The Balaban J connectivity index is 2.07. The molecule has 1 saturated heterocycles. The first kappa shape index (κ1) is 15.1. The highest BCUT2D eigenvalue weighted by Crippen LogP contribution is 2.37. The van der Waals surface area contributed by atoms with Crippen LogP contribution in [0.3, 0.4) is 0 Å². The van der Waals surface area contributed by atoms with E-state index >= 15 is 0 Å². The average molecular weight is 291 g/mol. The Bertz CT molecular complexity index is 534. The molecule has 1 amide bonds. The first-order valence-corrected chi connectivity index (χ1v) is 7.99. The van der Waals surface area contributed by atoms with Gasteiger partial charge in [-0.2, -0.15) is 0 Å². The molecule has 20 heavy (non-hydrogen) atoms. The molecule has 1 fully saturated rings. The molecule has 1 aliphatic rings. The number of carbonyl (C=O) groups is 1. The van der Waals surface area contributed by atoms with Crippen molar-refractivity contribution >= 4 is 17.2 Å². The number of likely N-dealkylation sites (tertiary alicyclic amines) is 1. The molecule has 2 heterocycles. The van der Waals surface area contributed by atoms with E-state index in [2.05, 4.69) is 25.7 Å². The van der Waals surface area contributed by atoms with Crippen LogP contribution in [0.1, 0.15) is 48.3 Å². The Labute approximate surface area is 124 Å². The van der Waals surface area contributed by atoms with Crippen LogP contribution in [0.25, 0.3) is 0 Å². The first-order chi connectivity index (χ1) is 9.64. The normalized spacial score (nSPS) is 16.9. The molecule has 0 saturated carbocycles. The number of hydrogen-bond donors (Lipinski definition) is 1. The van der Waals surface area contributed by atoms with Crippen molar-refractivity contribution in [2.24, 2.45) is 5.41 Å². The maximum Gasteiger partial charge on any atom is 0.254 e. The van der Waals surface area contributed by atoms with Gasteiger partial charge in [-0.15, -0.1) is 11.3 Å². The number of hydrogen-bond acceptors (Lipinski definition) is 3. The van der Waals surface area contributed by atoms with E-state index in [-0.39, 0.29) is 12.5 Å². The van der Waals surface area contributed by atoms with E-state index in [9.17, 15) is 4.79 Å². The summed E-state index contributed by atoms with van der Waals surface area (Å²) in [5.74, 6) is 5.57. The second-order valence-corrected chi connectivity index (χ2v) is 6.25. The average Bonchev–Trinajstić information content (AvgIpc) is 3.12. The van der Waals surface area contributed by atoms with Gasteiger partial charge in [0.05, 0.1) is 10.4 Å². The first-order valence-electron chi connectivity index (χ1n) is 7.11. The number of carbonyl (C=O) groups excluding carboxylic acids is 1. The number of thiophene rings is 1. The fourth-order valence-corrected chi connectivity index (χ4v) is 3.51. The zero-order valence-electron chi connectivity index (χ0n) is 12.1. The topological polar surface area (TPSA) is 40.5 Å².